The van der Waals surface area contributed by atoms with Crippen LogP contribution in [0.3, 0.4) is 0 Å². The van der Waals surface area contributed by atoms with Gasteiger partial charge in [-0.25, -0.2) is 15.0 Å². The first-order valence-electron chi connectivity index (χ1n) is 15.8. The molecule has 0 bridgehead atoms. The van der Waals surface area contributed by atoms with Gasteiger partial charge in [-0.3, -0.25) is 4.98 Å². The van der Waals surface area contributed by atoms with Crippen molar-refractivity contribution in [1.82, 2.24) is 19.9 Å². The molecule has 0 atom stereocenters. The standard InChI is InChI=1S/C42H24N4OS/c1-2-11-26(12-3-1)40-44-41(28-21-20-25-10-4-5-13-27(25)22-28)46-42(45-40)31-16-8-17-34-37(31)33-24-43-23-32(39(33)47-34)29-15-9-19-36-38(29)30-14-6-7-18-35(30)48-36/h1-24H. The second-order valence-corrected chi connectivity index (χ2v) is 12.9. The molecular weight excluding hydrogens is 609 g/mol. The smallest absolute Gasteiger partial charge is 0.164 e. The lowest BCUT2D eigenvalue weighted by atomic mass is 9.98. The van der Waals surface area contributed by atoms with Gasteiger partial charge in [-0.15, -0.1) is 11.3 Å². The summed E-state index contributed by atoms with van der Waals surface area (Å²) >= 11 is 1.81. The number of hydrogen-bond acceptors (Lipinski definition) is 6. The summed E-state index contributed by atoms with van der Waals surface area (Å²) in [6.45, 7) is 0. The average Bonchev–Trinajstić information content (AvgIpc) is 3.74. The van der Waals surface area contributed by atoms with Gasteiger partial charge in [0.2, 0.25) is 0 Å². The summed E-state index contributed by atoms with van der Waals surface area (Å²) in [7, 11) is 0. The molecular formula is C42H24N4OS. The third kappa shape index (κ3) is 4.24. The quantitative estimate of drug-likeness (QED) is 0.193. The fraction of sp³-hybridized carbons (Fsp3) is 0. The van der Waals surface area contributed by atoms with Gasteiger partial charge in [0.15, 0.2) is 17.5 Å². The molecule has 0 fully saturated rings. The molecule has 0 saturated carbocycles. The topological polar surface area (TPSA) is 64.7 Å². The second kappa shape index (κ2) is 10.7. The maximum Gasteiger partial charge on any atom is 0.164 e. The highest BCUT2D eigenvalue weighted by atomic mass is 32.1. The Bertz CT molecular complexity index is 2860. The van der Waals surface area contributed by atoms with Gasteiger partial charge in [-0.2, -0.15) is 0 Å². The van der Waals surface area contributed by atoms with Gasteiger partial charge in [-0.05, 0) is 40.6 Å². The largest absolute Gasteiger partial charge is 0.455 e. The average molecular weight is 633 g/mol. The molecule has 4 heterocycles. The van der Waals surface area contributed by atoms with Crippen LogP contribution in [-0.2, 0) is 0 Å². The Balaban J connectivity index is 1.22. The SMILES string of the molecule is c1ccc(-c2nc(-c3ccc4ccccc4c3)nc(-c3cccc4oc5c(-c6cccc7sc8ccccc8c67)cncc5c34)n2)cc1. The first kappa shape index (κ1) is 26.9. The molecule has 10 aromatic rings. The van der Waals surface area contributed by atoms with Crippen LogP contribution in [0.5, 0.6) is 0 Å². The van der Waals surface area contributed by atoms with Gasteiger partial charge in [0.1, 0.15) is 11.2 Å². The maximum absolute atomic E-state index is 6.71. The highest BCUT2D eigenvalue weighted by Crippen LogP contribution is 2.44. The Morgan fingerprint density at radius 2 is 1.19 bits per heavy atom. The first-order chi connectivity index (χ1) is 23.8. The molecule has 0 saturated heterocycles. The predicted octanol–water partition coefficient (Wildman–Crippen LogP) is 11.4. The van der Waals surface area contributed by atoms with Crippen molar-refractivity contribution in [1.29, 1.82) is 0 Å². The van der Waals surface area contributed by atoms with Crippen LogP contribution in [0.4, 0.5) is 0 Å². The Morgan fingerprint density at radius 3 is 2.10 bits per heavy atom. The normalized spacial score (nSPS) is 11.8. The van der Waals surface area contributed by atoms with Crippen LogP contribution in [-0.4, -0.2) is 19.9 Å². The number of rotatable bonds is 4. The zero-order valence-corrected chi connectivity index (χ0v) is 26.3. The molecule has 0 spiro atoms. The van der Waals surface area contributed by atoms with E-state index < -0.39 is 0 Å². The molecule has 0 N–H and O–H groups in total. The van der Waals surface area contributed by atoms with Crippen molar-refractivity contribution in [3.05, 3.63) is 146 Å². The van der Waals surface area contributed by atoms with E-state index in [4.69, 9.17) is 24.4 Å². The summed E-state index contributed by atoms with van der Waals surface area (Å²) < 4.78 is 9.21. The Hall–Kier alpha value is -6.24. The maximum atomic E-state index is 6.71. The van der Waals surface area contributed by atoms with E-state index in [2.05, 4.69) is 91.0 Å². The second-order valence-electron chi connectivity index (χ2n) is 11.9. The number of furan rings is 1. The van der Waals surface area contributed by atoms with Gasteiger partial charge in [0.25, 0.3) is 0 Å². The molecule has 0 aliphatic heterocycles. The summed E-state index contributed by atoms with van der Waals surface area (Å²) in [4.78, 5) is 19.9. The van der Waals surface area contributed by atoms with Crippen molar-refractivity contribution in [3.8, 4) is 45.3 Å². The zero-order valence-electron chi connectivity index (χ0n) is 25.5. The fourth-order valence-corrected chi connectivity index (χ4v) is 7.92. The van der Waals surface area contributed by atoms with Crippen LogP contribution in [0.1, 0.15) is 0 Å². The van der Waals surface area contributed by atoms with Crippen molar-refractivity contribution in [3.63, 3.8) is 0 Å². The van der Waals surface area contributed by atoms with Crippen molar-refractivity contribution in [2.45, 2.75) is 0 Å². The van der Waals surface area contributed by atoms with Crippen LogP contribution in [0.2, 0.25) is 0 Å². The molecule has 4 aromatic heterocycles. The number of pyridine rings is 1. The van der Waals surface area contributed by atoms with Crippen LogP contribution in [0.15, 0.2) is 150 Å². The minimum Gasteiger partial charge on any atom is -0.455 e. The van der Waals surface area contributed by atoms with E-state index in [0.717, 1.165) is 55.1 Å². The van der Waals surface area contributed by atoms with E-state index in [9.17, 15) is 0 Å². The summed E-state index contributed by atoms with van der Waals surface area (Å²) in [5.41, 5.74) is 6.34. The van der Waals surface area contributed by atoms with Crippen molar-refractivity contribution >= 4 is 64.2 Å². The van der Waals surface area contributed by atoms with E-state index in [1.807, 2.05) is 54.9 Å². The van der Waals surface area contributed by atoms with Crippen LogP contribution in [0.25, 0.3) is 98.2 Å². The number of fused-ring (bicyclic) bond motifs is 7. The van der Waals surface area contributed by atoms with Crippen molar-refractivity contribution < 1.29 is 4.42 Å². The number of nitrogens with zero attached hydrogens (tertiary/aromatic N) is 4. The first-order valence-corrected chi connectivity index (χ1v) is 16.6. The number of hydrogen-bond donors (Lipinski definition) is 0. The molecule has 0 aliphatic rings. The molecule has 0 amide bonds. The van der Waals surface area contributed by atoms with Gasteiger partial charge in [0.05, 0.1) is 0 Å². The van der Waals surface area contributed by atoms with Crippen molar-refractivity contribution in [2.75, 3.05) is 0 Å². The van der Waals surface area contributed by atoms with E-state index >= 15 is 0 Å². The molecule has 224 valence electrons. The van der Waals surface area contributed by atoms with Crippen LogP contribution >= 0.6 is 11.3 Å². The minimum absolute atomic E-state index is 0.580. The number of benzene rings is 6. The number of thiophene rings is 1. The van der Waals surface area contributed by atoms with Crippen LogP contribution < -0.4 is 0 Å². The minimum atomic E-state index is 0.580. The highest BCUT2D eigenvalue weighted by molar-refractivity contribution is 7.25. The lowest BCUT2D eigenvalue weighted by molar-refractivity contribution is 0.669. The molecule has 6 aromatic carbocycles. The zero-order chi connectivity index (χ0) is 31.6. The fourth-order valence-electron chi connectivity index (χ4n) is 6.79. The van der Waals surface area contributed by atoms with E-state index in [1.165, 1.54) is 25.6 Å². The predicted molar refractivity (Wildman–Crippen MR) is 197 cm³/mol. The number of aromatic nitrogens is 4. The molecule has 0 aliphatic carbocycles. The molecule has 5 nitrogen and oxygen atoms in total. The summed E-state index contributed by atoms with van der Waals surface area (Å²) in [5, 5.41) is 6.61. The van der Waals surface area contributed by atoms with E-state index in [1.54, 1.807) is 11.3 Å². The molecule has 0 unspecified atom stereocenters. The monoisotopic (exact) mass is 632 g/mol. The third-order valence-electron chi connectivity index (χ3n) is 9.01. The molecule has 0 radical (unpaired) electrons. The third-order valence-corrected chi connectivity index (χ3v) is 10.1. The molecule has 6 heteroatoms. The van der Waals surface area contributed by atoms with E-state index in [0.29, 0.717) is 17.5 Å². The lowest BCUT2D eigenvalue weighted by Gasteiger charge is -2.10. The Kier molecular flexibility index (Phi) is 5.98. The van der Waals surface area contributed by atoms with Crippen molar-refractivity contribution in [2.24, 2.45) is 0 Å². The summed E-state index contributed by atoms with van der Waals surface area (Å²) in [5.74, 6) is 1.81. The lowest BCUT2D eigenvalue weighted by Crippen LogP contribution is -2.00. The van der Waals surface area contributed by atoms with Gasteiger partial charge < -0.3 is 4.42 Å². The van der Waals surface area contributed by atoms with Gasteiger partial charge in [0, 0.05) is 65.6 Å². The molecule has 48 heavy (non-hydrogen) atoms. The Morgan fingerprint density at radius 1 is 0.458 bits per heavy atom. The van der Waals surface area contributed by atoms with Gasteiger partial charge >= 0.3 is 0 Å². The summed E-state index contributed by atoms with van der Waals surface area (Å²) in [6.07, 6.45) is 3.81. The molecule has 10 rings (SSSR count). The van der Waals surface area contributed by atoms with Gasteiger partial charge in [-0.1, -0.05) is 109 Å². The highest BCUT2D eigenvalue weighted by Gasteiger charge is 2.21. The van der Waals surface area contributed by atoms with E-state index in [-0.39, 0.29) is 0 Å². The Labute approximate surface area is 278 Å². The van der Waals surface area contributed by atoms with Crippen LogP contribution in [0, 0.1) is 0 Å². The summed E-state index contributed by atoms with van der Waals surface area (Å²) in [6, 6.07) is 45.8.